The van der Waals surface area contributed by atoms with E-state index in [1.165, 1.54) is 11.1 Å². The fourth-order valence-corrected chi connectivity index (χ4v) is 2.20. The van der Waals surface area contributed by atoms with Crippen LogP contribution in [0, 0.1) is 5.92 Å². The van der Waals surface area contributed by atoms with Crippen LogP contribution in [0.1, 0.15) is 38.8 Å². The van der Waals surface area contributed by atoms with Crippen LogP contribution in [0.5, 0.6) is 0 Å². The van der Waals surface area contributed by atoms with Crippen LogP contribution in [0.2, 0.25) is 0 Å². The lowest BCUT2D eigenvalue weighted by molar-refractivity contribution is 0.481. The highest BCUT2D eigenvalue weighted by Gasteiger charge is 2.08. The van der Waals surface area contributed by atoms with Gasteiger partial charge in [-0.1, -0.05) is 38.1 Å². The smallest absolute Gasteiger partial charge is 0.191 e. The van der Waals surface area contributed by atoms with Gasteiger partial charge in [-0.3, -0.25) is 0 Å². The Morgan fingerprint density at radius 1 is 1.24 bits per heavy atom. The molecule has 0 fully saturated rings. The first-order valence-electron chi connectivity index (χ1n) is 8.53. The molecule has 0 bridgehead atoms. The number of aliphatic imine (C=N–C) groups is 1. The second-order valence-electron chi connectivity index (χ2n) is 6.29. The maximum Gasteiger partial charge on any atom is 0.191 e. The van der Waals surface area contributed by atoms with E-state index in [0.29, 0.717) is 18.5 Å². The summed E-state index contributed by atoms with van der Waals surface area (Å²) in [7, 11) is 0. The Morgan fingerprint density at radius 2 is 2.00 bits per heavy atom. The Bertz CT molecular complexity index is 639. The second-order valence-corrected chi connectivity index (χ2v) is 6.29. The van der Waals surface area contributed by atoms with Gasteiger partial charge in [0.15, 0.2) is 5.96 Å². The number of nitrogens with one attached hydrogen (secondary N) is 2. The van der Waals surface area contributed by atoms with E-state index in [1.54, 1.807) is 12.7 Å². The zero-order chi connectivity index (χ0) is 17.4. The number of guanidine groups is 1. The van der Waals surface area contributed by atoms with Crippen molar-refractivity contribution in [3.8, 4) is 0 Å². The van der Waals surface area contributed by atoms with Crippen molar-refractivity contribution in [1.82, 2.24) is 25.4 Å². The van der Waals surface area contributed by atoms with E-state index in [9.17, 15) is 0 Å². The van der Waals surface area contributed by atoms with Gasteiger partial charge in [0.2, 0.25) is 0 Å². The zero-order valence-corrected chi connectivity index (χ0v) is 17.8. The first kappa shape index (κ1) is 21.4. The van der Waals surface area contributed by atoms with E-state index in [1.807, 2.05) is 4.68 Å². The molecule has 0 amide bonds. The molecule has 25 heavy (non-hydrogen) atoms. The van der Waals surface area contributed by atoms with Crippen molar-refractivity contribution in [3.63, 3.8) is 0 Å². The minimum absolute atomic E-state index is 0. The fraction of sp³-hybridized carbons (Fsp3) is 0.500. The summed E-state index contributed by atoms with van der Waals surface area (Å²) in [5.74, 6) is 1.42. The van der Waals surface area contributed by atoms with Crippen LogP contribution in [-0.4, -0.2) is 33.3 Å². The lowest BCUT2D eigenvalue weighted by Crippen LogP contribution is -2.44. The number of benzene rings is 1. The first-order chi connectivity index (χ1) is 11.6. The first-order valence-corrected chi connectivity index (χ1v) is 8.53. The van der Waals surface area contributed by atoms with Crippen LogP contribution < -0.4 is 10.6 Å². The van der Waals surface area contributed by atoms with Gasteiger partial charge in [0.25, 0.3) is 0 Å². The minimum atomic E-state index is 0. The molecule has 1 aromatic heterocycles. The molecule has 0 saturated carbocycles. The van der Waals surface area contributed by atoms with Crippen LogP contribution in [0.4, 0.5) is 0 Å². The lowest BCUT2D eigenvalue weighted by atomic mass is 10.1. The minimum Gasteiger partial charge on any atom is -0.357 e. The topological polar surface area (TPSA) is 67.1 Å². The molecule has 6 nitrogen and oxygen atoms in total. The normalized spacial score (nSPS) is 12.6. The highest BCUT2D eigenvalue weighted by atomic mass is 127. The molecular weight excluding hydrogens is 427 g/mol. The average Bonchev–Trinajstić information content (AvgIpc) is 3.06. The number of rotatable bonds is 7. The van der Waals surface area contributed by atoms with Crippen molar-refractivity contribution in [2.24, 2.45) is 10.9 Å². The Hall–Kier alpha value is -1.64. The van der Waals surface area contributed by atoms with Crippen LogP contribution >= 0.6 is 24.0 Å². The number of hydrogen-bond donors (Lipinski definition) is 2. The predicted octanol–water partition coefficient (Wildman–Crippen LogP) is 3.04. The van der Waals surface area contributed by atoms with Gasteiger partial charge in [0, 0.05) is 12.6 Å². The molecule has 2 N–H and O–H groups in total. The molecule has 7 heteroatoms. The largest absolute Gasteiger partial charge is 0.357 e. The van der Waals surface area contributed by atoms with E-state index in [0.717, 1.165) is 19.0 Å². The quantitative estimate of drug-likeness (QED) is 0.382. The standard InChI is InChI=1S/C18H28N6.HI/c1-5-20-18(23-15(4)14(2)3)21-10-16-7-6-8-17(9-16)11-24-13-19-12-22-24;/h6-9,12-15H,5,10-11H2,1-4H3,(H2,20,21,23);1H. The van der Waals surface area contributed by atoms with E-state index < -0.39 is 0 Å². The Morgan fingerprint density at radius 3 is 2.64 bits per heavy atom. The monoisotopic (exact) mass is 456 g/mol. The zero-order valence-electron chi connectivity index (χ0n) is 15.4. The summed E-state index contributed by atoms with van der Waals surface area (Å²) in [6.07, 6.45) is 3.28. The molecule has 138 valence electrons. The van der Waals surface area contributed by atoms with Crippen LogP contribution in [-0.2, 0) is 13.1 Å². The van der Waals surface area contributed by atoms with Gasteiger partial charge in [0.05, 0.1) is 13.1 Å². The van der Waals surface area contributed by atoms with Crippen molar-refractivity contribution in [2.45, 2.75) is 46.8 Å². The molecule has 0 saturated heterocycles. The third kappa shape index (κ3) is 7.41. The maximum absolute atomic E-state index is 4.70. The van der Waals surface area contributed by atoms with Crippen LogP contribution in [0.25, 0.3) is 0 Å². The van der Waals surface area contributed by atoms with Gasteiger partial charge in [-0.05, 0) is 30.9 Å². The molecule has 0 aliphatic carbocycles. The van der Waals surface area contributed by atoms with Crippen molar-refractivity contribution in [1.29, 1.82) is 0 Å². The molecule has 2 rings (SSSR count). The molecule has 0 aliphatic rings. The van der Waals surface area contributed by atoms with Gasteiger partial charge < -0.3 is 10.6 Å². The predicted molar refractivity (Wildman–Crippen MR) is 113 cm³/mol. The van der Waals surface area contributed by atoms with Crippen molar-refractivity contribution in [2.75, 3.05) is 6.54 Å². The van der Waals surface area contributed by atoms with E-state index in [-0.39, 0.29) is 24.0 Å². The maximum atomic E-state index is 4.70. The van der Waals surface area contributed by atoms with E-state index in [4.69, 9.17) is 4.99 Å². The molecule has 0 radical (unpaired) electrons. The molecule has 1 aromatic carbocycles. The molecule has 1 heterocycles. The lowest BCUT2D eigenvalue weighted by Gasteiger charge is -2.20. The fourth-order valence-electron chi connectivity index (χ4n) is 2.20. The summed E-state index contributed by atoms with van der Waals surface area (Å²) in [5, 5.41) is 10.9. The number of hydrogen-bond acceptors (Lipinski definition) is 3. The number of nitrogens with zero attached hydrogens (tertiary/aromatic N) is 4. The van der Waals surface area contributed by atoms with Crippen molar-refractivity contribution in [3.05, 3.63) is 48.0 Å². The van der Waals surface area contributed by atoms with Crippen molar-refractivity contribution >= 4 is 29.9 Å². The third-order valence-electron chi connectivity index (χ3n) is 3.93. The van der Waals surface area contributed by atoms with Crippen LogP contribution in [0.3, 0.4) is 0 Å². The summed E-state index contributed by atoms with van der Waals surface area (Å²) < 4.78 is 1.82. The average molecular weight is 456 g/mol. The van der Waals surface area contributed by atoms with Gasteiger partial charge in [-0.15, -0.1) is 24.0 Å². The number of halogens is 1. The van der Waals surface area contributed by atoms with Gasteiger partial charge in [-0.25, -0.2) is 14.7 Å². The summed E-state index contributed by atoms with van der Waals surface area (Å²) in [5.41, 5.74) is 2.38. The van der Waals surface area contributed by atoms with E-state index >= 15 is 0 Å². The third-order valence-corrected chi connectivity index (χ3v) is 3.93. The number of aromatic nitrogens is 3. The molecule has 2 aromatic rings. The highest BCUT2D eigenvalue weighted by molar-refractivity contribution is 14.0. The van der Waals surface area contributed by atoms with E-state index in [2.05, 4.69) is 72.7 Å². The van der Waals surface area contributed by atoms with Gasteiger partial charge >= 0.3 is 0 Å². The molecule has 0 spiro atoms. The molecule has 1 atom stereocenters. The van der Waals surface area contributed by atoms with Gasteiger partial charge in [-0.2, -0.15) is 5.10 Å². The Kier molecular flexibility index (Phi) is 9.48. The summed E-state index contributed by atoms with van der Waals surface area (Å²) in [4.78, 5) is 8.68. The molecule has 1 unspecified atom stereocenters. The Balaban J connectivity index is 0.00000312. The second kappa shape index (κ2) is 11.1. The summed E-state index contributed by atoms with van der Waals surface area (Å²) in [6.45, 7) is 10.9. The van der Waals surface area contributed by atoms with Crippen LogP contribution in [0.15, 0.2) is 41.9 Å². The van der Waals surface area contributed by atoms with Crippen molar-refractivity contribution < 1.29 is 0 Å². The molecular formula is C18H29IN6. The SMILES string of the molecule is CCNC(=NCc1cccc(Cn2cncn2)c1)NC(C)C(C)C.I. The summed E-state index contributed by atoms with van der Waals surface area (Å²) in [6, 6.07) is 8.80. The molecule has 0 aliphatic heterocycles. The highest BCUT2D eigenvalue weighted by Crippen LogP contribution is 2.08. The Labute approximate surface area is 167 Å². The summed E-state index contributed by atoms with van der Waals surface area (Å²) >= 11 is 0. The van der Waals surface area contributed by atoms with Gasteiger partial charge in [0.1, 0.15) is 12.7 Å².